The molecular formula is C2H2F3NS. The van der Waals surface area contributed by atoms with E-state index in [2.05, 4.69) is 14.1 Å². The third-order valence-electron chi connectivity index (χ3n) is 0.239. The normalized spacial score (nSPS) is 15.1. The summed E-state index contributed by atoms with van der Waals surface area (Å²) < 4.78 is 32.1. The van der Waals surface area contributed by atoms with Gasteiger partial charge in [-0.2, -0.15) is 4.31 Å². The maximum atomic E-state index is 10.9. The number of hydrogen-bond donors (Lipinski definition) is 0. The molecule has 0 N–H and O–H groups in total. The van der Waals surface area contributed by atoms with Gasteiger partial charge in [0.25, 0.3) is 11.4 Å². The highest BCUT2D eigenvalue weighted by molar-refractivity contribution is 8.18. The molecule has 5 heteroatoms. The van der Waals surface area contributed by atoms with Gasteiger partial charge < -0.3 is 0 Å². The molecule has 0 aliphatic carbocycles. The molecule has 0 unspecified atom stereocenters. The van der Waals surface area contributed by atoms with Gasteiger partial charge in [-0.25, -0.2) is 0 Å². The fraction of sp³-hybridized carbons (Fsp3) is 0. The van der Waals surface area contributed by atoms with Crippen molar-refractivity contribution in [1.29, 1.82) is 0 Å². The van der Waals surface area contributed by atoms with Gasteiger partial charge in [0.15, 0.2) is 0 Å². The Morgan fingerprint density at radius 1 is 1.14 bits per heavy atom. The van der Waals surface area contributed by atoms with Crippen LogP contribution in [0.4, 0.5) is 11.7 Å². The summed E-state index contributed by atoms with van der Waals surface area (Å²) in [4.78, 5) is 0. The first-order valence-electron chi connectivity index (χ1n) is 1.16. The first-order chi connectivity index (χ1) is 2.94. The summed E-state index contributed by atoms with van der Waals surface area (Å²) in [7, 11) is 8.19. The average Bonchev–Trinajstić information content (AvgIpc) is 1.31. The standard InChI is InChI=1S/C2H2F3NS/c1-6(2)7(3,4)5/h1-2H. The lowest BCUT2D eigenvalue weighted by molar-refractivity contribution is 0.541. The maximum Gasteiger partial charge on any atom is 0.278 e. The molecule has 1 nitrogen and oxygen atoms in total. The molecule has 0 saturated heterocycles. The van der Waals surface area contributed by atoms with E-state index in [1.54, 1.807) is 0 Å². The molecule has 0 aliphatic rings. The second-order valence-electron chi connectivity index (χ2n) is 0.742. The second kappa shape index (κ2) is 1.92. The van der Waals surface area contributed by atoms with Crippen LogP contribution in [0.1, 0.15) is 0 Å². The molecule has 0 fully saturated rings. The summed E-state index contributed by atoms with van der Waals surface area (Å²) in [5, 5.41) is 0. The Balaban J connectivity index is 3.54. The van der Waals surface area contributed by atoms with E-state index in [1.165, 1.54) is 0 Å². The Kier molecular flexibility index (Phi) is 1.94. The zero-order chi connectivity index (χ0) is 6.08. The summed E-state index contributed by atoms with van der Waals surface area (Å²) >= 11 is -5.35. The van der Waals surface area contributed by atoms with Crippen molar-refractivity contribution < 1.29 is 11.7 Å². The lowest BCUT2D eigenvalue weighted by Crippen LogP contribution is -1.99. The Hall–Kier alpha value is 0.100. The van der Waals surface area contributed by atoms with Crippen molar-refractivity contribution in [2.45, 2.75) is 0 Å². The fourth-order valence-electron chi connectivity index (χ4n) is 0. The van der Waals surface area contributed by atoms with Crippen LogP contribution in [0.5, 0.6) is 0 Å². The minimum Gasteiger partial charge on any atom is -0.180 e. The summed E-state index contributed by atoms with van der Waals surface area (Å²) in [6, 6.07) is 0. The zero-order valence-electron chi connectivity index (χ0n) is 3.14. The van der Waals surface area contributed by atoms with E-state index < -0.39 is 15.7 Å². The van der Waals surface area contributed by atoms with E-state index >= 15 is 0 Å². The monoisotopic (exact) mass is 129 g/mol. The van der Waals surface area contributed by atoms with Crippen molar-refractivity contribution in [3.05, 3.63) is 14.1 Å². The second-order valence-corrected chi connectivity index (χ2v) is 1.93. The van der Waals surface area contributed by atoms with Gasteiger partial charge in [-0.1, -0.05) is 0 Å². The lowest BCUT2D eigenvalue weighted by atomic mass is 11.3. The molecule has 0 spiro atoms. The molecule has 42 valence electrons. The molecule has 0 aliphatic heterocycles. The SMILES string of the molecule is [CH]N([CH])S(F)(F)F. The highest BCUT2D eigenvalue weighted by Crippen LogP contribution is 2.55. The fourth-order valence-corrected chi connectivity index (χ4v) is 0. The zero-order valence-corrected chi connectivity index (χ0v) is 3.96. The summed E-state index contributed by atoms with van der Waals surface area (Å²) in [6.45, 7) is 0. The van der Waals surface area contributed by atoms with Crippen molar-refractivity contribution in [3.63, 3.8) is 0 Å². The molecule has 0 aromatic carbocycles. The summed E-state index contributed by atoms with van der Waals surface area (Å²) in [5.74, 6) is 0. The Morgan fingerprint density at radius 2 is 1.29 bits per heavy atom. The summed E-state index contributed by atoms with van der Waals surface area (Å²) in [6.07, 6.45) is 0. The van der Waals surface area contributed by atoms with Crippen molar-refractivity contribution in [2.75, 3.05) is 0 Å². The van der Waals surface area contributed by atoms with Crippen LogP contribution in [-0.2, 0) is 0 Å². The van der Waals surface area contributed by atoms with E-state index in [9.17, 15) is 11.7 Å². The largest absolute Gasteiger partial charge is 0.278 e. The third-order valence-corrected chi connectivity index (χ3v) is 0.717. The minimum absolute atomic E-state index is 0.729. The van der Waals surface area contributed by atoms with Crippen molar-refractivity contribution in [3.8, 4) is 0 Å². The smallest absolute Gasteiger partial charge is 0.180 e. The number of halogens is 3. The lowest BCUT2D eigenvalue weighted by Gasteiger charge is -2.14. The minimum atomic E-state index is -5.35. The first-order valence-corrected chi connectivity index (χ1v) is 2.45. The Morgan fingerprint density at radius 3 is 1.29 bits per heavy atom. The van der Waals surface area contributed by atoms with Crippen molar-refractivity contribution in [1.82, 2.24) is 4.31 Å². The number of hydrogen-bond acceptors (Lipinski definition) is 1. The van der Waals surface area contributed by atoms with Gasteiger partial charge in [-0.15, -0.1) is 11.7 Å². The van der Waals surface area contributed by atoms with Gasteiger partial charge in [0, 0.05) is 0 Å². The molecule has 0 amide bonds. The van der Waals surface area contributed by atoms with Gasteiger partial charge in [0.05, 0.1) is 14.1 Å². The topological polar surface area (TPSA) is 3.24 Å². The molecule has 0 saturated carbocycles. The van der Waals surface area contributed by atoms with Crippen LogP contribution in [-0.4, -0.2) is 4.31 Å². The van der Waals surface area contributed by atoms with Crippen molar-refractivity contribution >= 4 is 11.4 Å². The highest BCUT2D eigenvalue weighted by Gasteiger charge is 2.23. The molecule has 0 heterocycles. The van der Waals surface area contributed by atoms with E-state index in [-0.39, 0.29) is 0 Å². The van der Waals surface area contributed by atoms with E-state index in [0.717, 1.165) is 0 Å². The van der Waals surface area contributed by atoms with Crippen LogP contribution < -0.4 is 0 Å². The molecule has 0 bridgehead atoms. The Labute approximate surface area is 42.4 Å². The van der Waals surface area contributed by atoms with E-state index in [1.807, 2.05) is 0 Å². The Bertz CT molecular complexity index is 58.4. The quantitative estimate of drug-likeness (QED) is 0.489. The van der Waals surface area contributed by atoms with Gasteiger partial charge in [0.2, 0.25) is 0 Å². The van der Waals surface area contributed by atoms with E-state index in [0.29, 0.717) is 0 Å². The molecule has 0 aromatic rings. The van der Waals surface area contributed by atoms with Gasteiger partial charge in [0.1, 0.15) is 0 Å². The molecule has 0 rings (SSSR count). The first kappa shape index (κ1) is 7.10. The molecule has 4 radical (unpaired) electrons. The van der Waals surface area contributed by atoms with Crippen LogP contribution in [0.25, 0.3) is 0 Å². The van der Waals surface area contributed by atoms with Crippen LogP contribution >= 0.6 is 11.4 Å². The predicted octanol–water partition coefficient (Wildman–Crippen LogP) is 2.00. The van der Waals surface area contributed by atoms with Crippen LogP contribution in [0.3, 0.4) is 0 Å². The van der Waals surface area contributed by atoms with Crippen molar-refractivity contribution in [2.24, 2.45) is 0 Å². The van der Waals surface area contributed by atoms with Crippen LogP contribution in [0.2, 0.25) is 0 Å². The van der Waals surface area contributed by atoms with E-state index in [4.69, 9.17) is 0 Å². The average molecular weight is 129 g/mol. The number of nitrogens with zero attached hydrogens (tertiary/aromatic N) is 1. The van der Waals surface area contributed by atoms with Gasteiger partial charge in [-0.3, -0.25) is 0 Å². The highest BCUT2D eigenvalue weighted by atomic mass is 32.3. The van der Waals surface area contributed by atoms with Crippen LogP contribution in [0, 0.1) is 14.1 Å². The molecular weight excluding hydrogens is 127 g/mol. The number of rotatable bonds is 1. The molecule has 7 heavy (non-hydrogen) atoms. The van der Waals surface area contributed by atoms with Gasteiger partial charge in [-0.05, 0) is 0 Å². The van der Waals surface area contributed by atoms with Crippen LogP contribution in [0.15, 0.2) is 0 Å². The third kappa shape index (κ3) is 2.76. The maximum absolute atomic E-state index is 10.9. The molecule has 0 aromatic heterocycles. The predicted molar refractivity (Wildman–Crippen MR) is 21.4 cm³/mol. The molecule has 0 atom stereocenters. The summed E-state index contributed by atoms with van der Waals surface area (Å²) in [5.41, 5.74) is 0. The van der Waals surface area contributed by atoms with Gasteiger partial charge >= 0.3 is 0 Å².